The summed E-state index contributed by atoms with van der Waals surface area (Å²) in [5.74, 6) is 0.188. The second kappa shape index (κ2) is 5.74. The lowest BCUT2D eigenvalue weighted by Gasteiger charge is -2.40. The summed E-state index contributed by atoms with van der Waals surface area (Å²) in [5.41, 5.74) is 2.08. The van der Waals surface area contributed by atoms with Crippen molar-refractivity contribution in [3.05, 3.63) is 22.7 Å². The molecule has 5 heteroatoms. The molecule has 0 saturated heterocycles. The van der Waals surface area contributed by atoms with Gasteiger partial charge in [0.1, 0.15) is 0 Å². The average molecular weight is 338 g/mol. The van der Waals surface area contributed by atoms with Gasteiger partial charge < -0.3 is 15.5 Å². The number of nitrogens with zero attached hydrogens (tertiary/aromatic N) is 1. The highest BCUT2D eigenvalue weighted by atomic mass is 79.9. The summed E-state index contributed by atoms with van der Waals surface area (Å²) >= 11 is 3.49. The van der Waals surface area contributed by atoms with E-state index >= 15 is 0 Å². The first-order valence-corrected chi connectivity index (χ1v) is 8.01. The summed E-state index contributed by atoms with van der Waals surface area (Å²) in [6.07, 6.45) is 4.44. The van der Waals surface area contributed by atoms with Crippen LogP contribution in [0.25, 0.3) is 0 Å². The lowest BCUT2D eigenvalue weighted by molar-refractivity contribution is -0.117. The molecule has 2 N–H and O–H groups in total. The third-order valence-electron chi connectivity index (χ3n) is 4.39. The molecular weight excluding hydrogens is 318 g/mol. The van der Waals surface area contributed by atoms with Crippen LogP contribution in [0.3, 0.4) is 0 Å². The van der Waals surface area contributed by atoms with Gasteiger partial charge in [-0.15, -0.1) is 0 Å². The molecular formula is C15H20BrN3O. The molecule has 2 aliphatic rings. The summed E-state index contributed by atoms with van der Waals surface area (Å²) in [5, 5.41) is 6.55. The van der Waals surface area contributed by atoms with Gasteiger partial charge in [0.15, 0.2) is 0 Å². The SMILES string of the molecule is CNC1CCC(N2C(=O)CNc3cc(Br)ccc32)CC1. The number of halogens is 1. The second-order valence-electron chi connectivity index (χ2n) is 5.57. The molecule has 108 valence electrons. The number of amides is 1. The van der Waals surface area contributed by atoms with Gasteiger partial charge in [-0.25, -0.2) is 0 Å². The number of hydrogen-bond acceptors (Lipinski definition) is 3. The van der Waals surface area contributed by atoms with E-state index in [1.807, 2.05) is 30.1 Å². The number of fused-ring (bicyclic) bond motifs is 1. The van der Waals surface area contributed by atoms with Crippen LogP contribution in [-0.2, 0) is 4.79 Å². The van der Waals surface area contributed by atoms with Crippen molar-refractivity contribution in [1.29, 1.82) is 0 Å². The van der Waals surface area contributed by atoms with Crippen LogP contribution >= 0.6 is 15.9 Å². The Morgan fingerprint density at radius 3 is 2.75 bits per heavy atom. The molecule has 0 bridgehead atoms. The van der Waals surface area contributed by atoms with Gasteiger partial charge >= 0.3 is 0 Å². The minimum absolute atomic E-state index is 0.188. The van der Waals surface area contributed by atoms with E-state index in [0.717, 1.165) is 41.5 Å². The van der Waals surface area contributed by atoms with Gasteiger partial charge in [-0.1, -0.05) is 15.9 Å². The Morgan fingerprint density at radius 1 is 1.30 bits per heavy atom. The zero-order chi connectivity index (χ0) is 14.1. The van der Waals surface area contributed by atoms with Gasteiger partial charge in [-0.05, 0) is 50.9 Å². The van der Waals surface area contributed by atoms with E-state index in [2.05, 4.69) is 26.6 Å². The van der Waals surface area contributed by atoms with Gasteiger partial charge in [0.05, 0.1) is 17.9 Å². The first-order chi connectivity index (χ1) is 9.69. The van der Waals surface area contributed by atoms with Crippen molar-refractivity contribution in [3.8, 4) is 0 Å². The lowest BCUT2D eigenvalue weighted by atomic mass is 9.89. The highest BCUT2D eigenvalue weighted by Crippen LogP contribution is 2.36. The molecule has 20 heavy (non-hydrogen) atoms. The maximum Gasteiger partial charge on any atom is 0.246 e. The molecule has 0 radical (unpaired) electrons. The van der Waals surface area contributed by atoms with E-state index in [1.54, 1.807) is 0 Å². The predicted molar refractivity (Wildman–Crippen MR) is 85.2 cm³/mol. The van der Waals surface area contributed by atoms with Crippen LogP contribution in [0, 0.1) is 0 Å². The molecule has 1 heterocycles. The number of hydrogen-bond donors (Lipinski definition) is 2. The zero-order valence-corrected chi connectivity index (χ0v) is 13.2. The topological polar surface area (TPSA) is 44.4 Å². The second-order valence-corrected chi connectivity index (χ2v) is 6.49. The number of benzene rings is 1. The zero-order valence-electron chi connectivity index (χ0n) is 11.7. The Bertz CT molecular complexity index is 512. The van der Waals surface area contributed by atoms with Crippen LogP contribution < -0.4 is 15.5 Å². The molecule has 0 atom stereocenters. The quantitative estimate of drug-likeness (QED) is 0.872. The number of rotatable bonds is 2. The summed E-state index contributed by atoms with van der Waals surface area (Å²) < 4.78 is 1.04. The standard InChI is InChI=1S/C15H20BrN3O/c1-17-11-3-5-12(6-4-11)19-14-7-2-10(16)8-13(14)18-9-15(19)20/h2,7-8,11-12,17-18H,3-6,9H2,1H3. The third-order valence-corrected chi connectivity index (χ3v) is 4.88. The summed E-state index contributed by atoms with van der Waals surface area (Å²) in [7, 11) is 2.02. The van der Waals surface area contributed by atoms with E-state index in [4.69, 9.17) is 0 Å². The summed E-state index contributed by atoms with van der Waals surface area (Å²) in [6.45, 7) is 0.398. The molecule has 4 nitrogen and oxygen atoms in total. The summed E-state index contributed by atoms with van der Waals surface area (Å²) in [4.78, 5) is 14.3. The molecule has 1 aromatic carbocycles. The predicted octanol–water partition coefficient (Wildman–Crippen LogP) is 2.74. The largest absolute Gasteiger partial charge is 0.374 e. The number of nitrogens with one attached hydrogen (secondary N) is 2. The van der Waals surface area contributed by atoms with Gasteiger partial charge in [0.2, 0.25) is 5.91 Å². The highest BCUT2D eigenvalue weighted by molar-refractivity contribution is 9.10. The maximum absolute atomic E-state index is 12.3. The Labute approximate surface area is 128 Å². The van der Waals surface area contributed by atoms with Crippen molar-refractivity contribution in [1.82, 2.24) is 5.32 Å². The van der Waals surface area contributed by atoms with Crippen LogP contribution in [-0.4, -0.2) is 31.6 Å². The van der Waals surface area contributed by atoms with E-state index in [1.165, 1.54) is 0 Å². The maximum atomic E-state index is 12.3. The molecule has 0 unspecified atom stereocenters. The average Bonchev–Trinajstić information content (AvgIpc) is 2.48. The molecule has 1 aliphatic heterocycles. The lowest BCUT2D eigenvalue weighted by Crippen LogP contribution is -2.49. The Kier molecular flexibility index (Phi) is 3.98. The number of carbonyl (C=O) groups is 1. The Balaban J connectivity index is 1.84. The molecule has 1 saturated carbocycles. The van der Waals surface area contributed by atoms with Crippen LogP contribution in [0.15, 0.2) is 22.7 Å². The van der Waals surface area contributed by atoms with E-state index in [-0.39, 0.29) is 5.91 Å². The fourth-order valence-electron chi connectivity index (χ4n) is 3.27. The minimum Gasteiger partial charge on any atom is -0.374 e. The van der Waals surface area contributed by atoms with Gasteiger partial charge in [-0.3, -0.25) is 4.79 Å². The van der Waals surface area contributed by atoms with Gasteiger partial charge in [-0.2, -0.15) is 0 Å². The van der Waals surface area contributed by atoms with Crippen molar-refractivity contribution in [2.24, 2.45) is 0 Å². The van der Waals surface area contributed by atoms with Crippen molar-refractivity contribution in [3.63, 3.8) is 0 Å². The van der Waals surface area contributed by atoms with Crippen molar-refractivity contribution in [2.75, 3.05) is 23.8 Å². The highest BCUT2D eigenvalue weighted by Gasteiger charge is 2.32. The van der Waals surface area contributed by atoms with E-state index < -0.39 is 0 Å². The normalized spacial score (nSPS) is 26.1. The fourth-order valence-corrected chi connectivity index (χ4v) is 3.63. The first-order valence-electron chi connectivity index (χ1n) is 7.22. The monoisotopic (exact) mass is 337 g/mol. The van der Waals surface area contributed by atoms with Gasteiger partial charge in [0.25, 0.3) is 0 Å². The van der Waals surface area contributed by atoms with Gasteiger partial charge in [0, 0.05) is 16.6 Å². The van der Waals surface area contributed by atoms with E-state index in [0.29, 0.717) is 18.6 Å². The third kappa shape index (κ3) is 2.56. The number of anilines is 2. The first kappa shape index (κ1) is 13.9. The smallest absolute Gasteiger partial charge is 0.246 e. The molecule has 1 aromatic rings. The van der Waals surface area contributed by atoms with E-state index in [9.17, 15) is 4.79 Å². The molecule has 1 fully saturated rings. The fraction of sp³-hybridized carbons (Fsp3) is 0.533. The Hall–Kier alpha value is -1.07. The molecule has 0 spiro atoms. The molecule has 0 aromatic heterocycles. The number of carbonyl (C=O) groups excluding carboxylic acids is 1. The Morgan fingerprint density at radius 2 is 2.05 bits per heavy atom. The molecule has 1 aliphatic carbocycles. The van der Waals surface area contributed by atoms with Crippen LogP contribution in [0.1, 0.15) is 25.7 Å². The molecule has 1 amide bonds. The van der Waals surface area contributed by atoms with Crippen LogP contribution in [0.2, 0.25) is 0 Å². The van der Waals surface area contributed by atoms with Crippen molar-refractivity contribution in [2.45, 2.75) is 37.8 Å². The van der Waals surface area contributed by atoms with Crippen molar-refractivity contribution < 1.29 is 4.79 Å². The van der Waals surface area contributed by atoms with Crippen LogP contribution in [0.4, 0.5) is 11.4 Å². The van der Waals surface area contributed by atoms with Crippen molar-refractivity contribution >= 4 is 33.2 Å². The molecule has 3 rings (SSSR count). The van der Waals surface area contributed by atoms with Crippen LogP contribution in [0.5, 0.6) is 0 Å². The minimum atomic E-state index is 0.188. The summed E-state index contributed by atoms with van der Waals surface area (Å²) in [6, 6.07) is 7.04.